The van der Waals surface area contributed by atoms with Gasteiger partial charge in [-0.15, -0.1) is 0 Å². The molecule has 1 saturated carbocycles. The van der Waals surface area contributed by atoms with E-state index in [9.17, 15) is 18.0 Å². The van der Waals surface area contributed by atoms with E-state index >= 15 is 0 Å². The van der Waals surface area contributed by atoms with Gasteiger partial charge in [0.15, 0.2) is 0 Å². The number of sulfonamides is 1. The third kappa shape index (κ3) is 7.50. The Bertz CT molecular complexity index is 1410. The highest BCUT2D eigenvalue weighted by Crippen LogP contribution is 2.22. The first-order chi connectivity index (χ1) is 19.1. The Morgan fingerprint density at radius 2 is 1.57 bits per heavy atom. The average molecular weight is 582 g/mol. The summed E-state index contributed by atoms with van der Waals surface area (Å²) in [5.41, 5.74) is 2.79. The van der Waals surface area contributed by atoms with Crippen molar-refractivity contribution in [1.82, 2.24) is 14.5 Å². The number of aryl methyl sites for hydroxylation is 1. The highest BCUT2D eigenvalue weighted by atomic mass is 35.5. The van der Waals surface area contributed by atoms with Crippen LogP contribution in [0.3, 0.4) is 0 Å². The van der Waals surface area contributed by atoms with Gasteiger partial charge in [0.05, 0.1) is 11.4 Å². The summed E-state index contributed by atoms with van der Waals surface area (Å²) in [6, 6.07) is 22.4. The molecule has 7 nitrogen and oxygen atoms in total. The summed E-state index contributed by atoms with van der Waals surface area (Å²) in [6.45, 7) is 1.72. The number of amides is 2. The molecule has 0 spiro atoms. The third-order valence-corrected chi connectivity index (χ3v) is 9.52. The van der Waals surface area contributed by atoms with Crippen molar-refractivity contribution in [3.8, 4) is 0 Å². The Morgan fingerprint density at radius 1 is 0.950 bits per heavy atom. The van der Waals surface area contributed by atoms with E-state index in [4.69, 9.17) is 11.6 Å². The number of carbonyl (C=O) groups excluding carboxylic acids is 2. The molecule has 0 aromatic heterocycles. The van der Waals surface area contributed by atoms with E-state index in [0.717, 1.165) is 46.7 Å². The largest absolute Gasteiger partial charge is 0.352 e. The third-order valence-electron chi connectivity index (χ3n) is 7.45. The molecule has 4 rings (SSSR count). The number of benzene rings is 3. The van der Waals surface area contributed by atoms with Gasteiger partial charge in [-0.1, -0.05) is 79.0 Å². The van der Waals surface area contributed by atoms with E-state index in [2.05, 4.69) is 5.32 Å². The van der Waals surface area contributed by atoms with Gasteiger partial charge in [-0.05, 0) is 60.7 Å². The van der Waals surface area contributed by atoms with Crippen molar-refractivity contribution in [2.24, 2.45) is 0 Å². The van der Waals surface area contributed by atoms with Crippen LogP contribution in [-0.4, -0.2) is 55.1 Å². The van der Waals surface area contributed by atoms with Crippen molar-refractivity contribution in [2.45, 2.75) is 62.6 Å². The zero-order valence-corrected chi connectivity index (χ0v) is 24.5. The summed E-state index contributed by atoms with van der Waals surface area (Å²) in [4.78, 5) is 29.4. The first kappa shape index (κ1) is 29.8. The average Bonchev–Trinajstić information content (AvgIpc) is 3.45. The first-order valence-corrected chi connectivity index (χ1v) is 15.4. The van der Waals surface area contributed by atoms with Gasteiger partial charge >= 0.3 is 0 Å². The van der Waals surface area contributed by atoms with Crippen molar-refractivity contribution in [3.63, 3.8) is 0 Å². The normalized spacial score (nSPS) is 14.7. The highest BCUT2D eigenvalue weighted by Gasteiger charge is 2.34. The molecule has 1 fully saturated rings. The maximum atomic E-state index is 14.0. The number of hydrogen-bond donors (Lipinski definition) is 1. The Morgan fingerprint density at radius 3 is 2.23 bits per heavy atom. The number of carbonyl (C=O) groups is 2. The minimum absolute atomic E-state index is 0.0393. The van der Waals surface area contributed by atoms with Crippen LogP contribution in [-0.2, 0) is 32.6 Å². The zero-order chi connectivity index (χ0) is 28.7. The van der Waals surface area contributed by atoms with Crippen molar-refractivity contribution >= 4 is 33.4 Å². The molecule has 40 heavy (non-hydrogen) atoms. The lowest BCUT2D eigenvalue weighted by atomic mass is 10.0. The second-order valence-electron chi connectivity index (χ2n) is 10.4. The molecule has 9 heteroatoms. The van der Waals surface area contributed by atoms with Crippen LogP contribution in [0.25, 0.3) is 0 Å². The fraction of sp³-hybridized carbons (Fsp3) is 0.355. The monoisotopic (exact) mass is 581 g/mol. The van der Waals surface area contributed by atoms with Gasteiger partial charge in [0.25, 0.3) is 0 Å². The van der Waals surface area contributed by atoms with Crippen LogP contribution < -0.4 is 5.32 Å². The van der Waals surface area contributed by atoms with Crippen LogP contribution in [0.15, 0.2) is 83.8 Å². The standard InChI is InChI=1S/C31H36ClN3O4S/c1-23-10-6-7-13-25(23)21-35(30(36)22-34(2)40(38,39)28-18-16-26(32)17-19-28)29(20-24-11-4-3-5-12-24)31(37)33-27-14-8-9-15-27/h3-7,10-13,16-19,27,29H,8-9,14-15,20-22H2,1-2H3,(H,33,37). The number of nitrogens with zero attached hydrogens (tertiary/aromatic N) is 2. The predicted molar refractivity (Wildman–Crippen MR) is 157 cm³/mol. The van der Waals surface area contributed by atoms with Gasteiger partial charge in [0.1, 0.15) is 6.04 Å². The van der Waals surface area contributed by atoms with Gasteiger partial charge in [0.2, 0.25) is 21.8 Å². The highest BCUT2D eigenvalue weighted by molar-refractivity contribution is 7.89. The van der Waals surface area contributed by atoms with Crippen LogP contribution in [0.4, 0.5) is 0 Å². The quantitative estimate of drug-likeness (QED) is 0.346. The number of rotatable bonds is 11. The molecule has 1 unspecified atom stereocenters. The topological polar surface area (TPSA) is 86.8 Å². The molecular formula is C31H36ClN3O4S. The van der Waals surface area contributed by atoms with Crippen molar-refractivity contribution in [1.29, 1.82) is 0 Å². The molecule has 3 aromatic rings. The van der Waals surface area contributed by atoms with Crippen molar-refractivity contribution in [3.05, 3.63) is 101 Å². The lowest BCUT2D eigenvalue weighted by Gasteiger charge is -2.33. The molecule has 2 amide bonds. The molecule has 1 atom stereocenters. The first-order valence-electron chi connectivity index (χ1n) is 13.6. The van der Waals surface area contributed by atoms with Crippen molar-refractivity contribution in [2.75, 3.05) is 13.6 Å². The molecule has 212 valence electrons. The SMILES string of the molecule is Cc1ccccc1CN(C(=O)CN(C)S(=O)(=O)c1ccc(Cl)cc1)C(Cc1ccccc1)C(=O)NC1CCCC1. The second-order valence-corrected chi connectivity index (χ2v) is 12.8. The molecule has 1 aliphatic rings. The van der Waals surface area contributed by atoms with Crippen LogP contribution >= 0.6 is 11.6 Å². The van der Waals surface area contributed by atoms with E-state index in [1.165, 1.54) is 36.2 Å². The fourth-order valence-corrected chi connectivity index (χ4v) is 6.29. The molecule has 3 aromatic carbocycles. The molecule has 0 bridgehead atoms. The summed E-state index contributed by atoms with van der Waals surface area (Å²) < 4.78 is 27.6. The minimum Gasteiger partial charge on any atom is -0.352 e. The molecule has 1 aliphatic carbocycles. The molecule has 1 N–H and O–H groups in total. The predicted octanol–water partition coefficient (Wildman–Crippen LogP) is 4.97. The Hall–Kier alpha value is -3.20. The summed E-state index contributed by atoms with van der Waals surface area (Å²) in [7, 11) is -2.59. The van der Waals surface area contributed by atoms with Gasteiger partial charge < -0.3 is 10.2 Å². The van der Waals surface area contributed by atoms with Gasteiger partial charge in [0, 0.05) is 31.1 Å². The minimum atomic E-state index is -3.96. The summed E-state index contributed by atoms with van der Waals surface area (Å²) in [5.74, 6) is -0.674. The van der Waals surface area contributed by atoms with E-state index in [1.54, 1.807) is 0 Å². The van der Waals surface area contributed by atoms with Crippen LogP contribution in [0.1, 0.15) is 42.4 Å². The van der Waals surface area contributed by atoms with Crippen LogP contribution in [0.5, 0.6) is 0 Å². The lowest BCUT2D eigenvalue weighted by Crippen LogP contribution is -2.54. The van der Waals surface area contributed by atoms with Gasteiger partial charge in [-0.2, -0.15) is 4.31 Å². The van der Waals surface area contributed by atoms with Gasteiger partial charge in [-0.3, -0.25) is 9.59 Å². The van der Waals surface area contributed by atoms with Crippen molar-refractivity contribution < 1.29 is 18.0 Å². The molecule has 0 saturated heterocycles. The van der Waals surface area contributed by atoms with Gasteiger partial charge in [-0.25, -0.2) is 8.42 Å². The van der Waals surface area contributed by atoms with Crippen LogP contribution in [0.2, 0.25) is 5.02 Å². The van der Waals surface area contributed by atoms with E-state index in [0.29, 0.717) is 11.4 Å². The molecule has 0 radical (unpaired) electrons. The summed E-state index contributed by atoms with van der Waals surface area (Å²) in [6.07, 6.45) is 4.26. The zero-order valence-electron chi connectivity index (χ0n) is 22.9. The summed E-state index contributed by atoms with van der Waals surface area (Å²) >= 11 is 5.94. The van der Waals surface area contributed by atoms with E-state index < -0.39 is 28.5 Å². The molecule has 0 aliphatic heterocycles. The maximum absolute atomic E-state index is 14.0. The smallest absolute Gasteiger partial charge is 0.243 e. The Balaban J connectivity index is 1.66. The summed E-state index contributed by atoms with van der Waals surface area (Å²) in [5, 5.41) is 3.59. The van der Waals surface area contributed by atoms with Crippen LogP contribution in [0, 0.1) is 6.92 Å². The number of hydrogen-bond acceptors (Lipinski definition) is 4. The lowest BCUT2D eigenvalue weighted by molar-refractivity contribution is -0.141. The second kappa shape index (κ2) is 13.4. The molecular weight excluding hydrogens is 546 g/mol. The number of halogens is 1. The maximum Gasteiger partial charge on any atom is 0.243 e. The van der Waals surface area contributed by atoms with E-state index in [-0.39, 0.29) is 23.4 Å². The Kier molecular flexibility index (Phi) is 10.0. The molecule has 0 heterocycles. The van der Waals surface area contributed by atoms with E-state index in [1.807, 2.05) is 61.5 Å². The number of likely N-dealkylation sites (N-methyl/N-ethyl adjacent to an activating group) is 1. The Labute approximate surface area is 242 Å². The fourth-order valence-electron chi connectivity index (χ4n) is 5.05. The number of nitrogens with one attached hydrogen (secondary N) is 1.